The van der Waals surface area contributed by atoms with Crippen LogP contribution in [-0.2, 0) is 6.54 Å². The number of benzene rings is 2. The highest BCUT2D eigenvalue weighted by molar-refractivity contribution is 9.10. The van der Waals surface area contributed by atoms with Gasteiger partial charge in [0.2, 0.25) is 0 Å². The number of fused-ring (bicyclic) bond motifs is 1. The van der Waals surface area contributed by atoms with Crippen molar-refractivity contribution in [1.82, 2.24) is 9.97 Å². The standard InChI is InChI=1S/C20H16BrN3O2S/c1-26-15-8-2-12(3-9-15)16-11-27-20-18(16)19(25)23-17(24-20)10-22-14-6-4-13(21)5-7-14/h2-9,11,22H,10H2,1H3,(H,23,24,25). The Bertz CT molecular complexity index is 1130. The molecule has 2 heterocycles. The van der Waals surface area contributed by atoms with Crippen LogP contribution >= 0.6 is 27.3 Å². The van der Waals surface area contributed by atoms with Crippen LogP contribution in [0.5, 0.6) is 5.75 Å². The molecule has 4 rings (SSSR count). The summed E-state index contributed by atoms with van der Waals surface area (Å²) in [5, 5.41) is 5.86. The number of H-pyrrole nitrogens is 1. The molecule has 0 unspecified atom stereocenters. The molecule has 2 aromatic carbocycles. The maximum Gasteiger partial charge on any atom is 0.260 e. The fraction of sp³-hybridized carbons (Fsp3) is 0.100. The Labute approximate surface area is 168 Å². The molecule has 0 saturated carbocycles. The highest BCUT2D eigenvalue weighted by atomic mass is 79.9. The van der Waals surface area contributed by atoms with Crippen molar-refractivity contribution in [1.29, 1.82) is 0 Å². The molecule has 0 bridgehead atoms. The second-order valence-electron chi connectivity index (χ2n) is 5.93. The predicted octanol–water partition coefficient (Wildman–Crippen LogP) is 5.03. The van der Waals surface area contributed by atoms with Gasteiger partial charge in [-0.05, 0) is 42.0 Å². The summed E-state index contributed by atoms with van der Waals surface area (Å²) >= 11 is 4.89. The number of aromatic amines is 1. The van der Waals surface area contributed by atoms with E-state index in [-0.39, 0.29) is 5.56 Å². The number of rotatable bonds is 5. The Morgan fingerprint density at radius 1 is 1.15 bits per heavy atom. The van der Waals surface area contributed by atoms with Crippen LogP contribution in [-0.4, -0.2) is 17.1 Å². The van der Waals surface area contributed by atoms with Gasteiger partial charge in [0.1, 0.15) is 16.4 Å². The van der Waals surface area contributed by atoms with Crippen LogP contribution < -0.4 is 15.6 Å². The van der Waals surface area contributed by atoms with Crippen molar-refractivity contribution >= 4 is 43.2 Å². The largest absolute Gasteiger partial charge is 0.497 e. The molecule has 0 radical (unpaired) electrons. The molecular weight excluding hydrogens is 426 g/mol. The van der Waals surface area contributed by atoms with Gasteiger partial charge in [-0.15, -0.1) is 11.3 Å². The van der Waals surface area contributed by atoms with Gasteiger partial charge in [0.15, 0.2) is 0 Å². The summed E-state index contributed by atoms with van der Waals surface area (Å²) < 4.78 is 6.22. The van der Waals surface area contributed by atoms with Crippen LogP contribution in [0.1, 0.15) is 5.82 Å². The van der Waals surface area contributed by atoms with E-state index in [2.05, 4.69) is 31.2 Å². The topological polar surface area (TPSA) is 67.0 Å². The maximum atomic E-state index is 12.7. The minimum atomic E-state index is -0.125. The predicted molar refractivity (Wildman–Crippen MR) is 114 cm³/mol. The zero-order valence-electron chi connectivity index (χ0n) is 14.5. The lowest BCUT2D eigenvalue weighted by Gasteiger charge is -2.06. The average Bonchev–Trinajstić information content (AvgIpc) is 3.12. The number of halogens is 1. The van der Waals surface area contributed by atoms with Gasteiger partial charge < -0.3 is 15.0 Å². The molecule has 0 amide bonds. The minimum absolute atomic E-state index is 0.125. The van der Waals surface area contributed by atoms with Crippen LogP contribution in [0.3, 0.4) is 0 Å². The van der Waals surface area contributed by atoms with Crippen molar-refractivity contribution in [2.75, 3.05) is 12.4 Å². The normalized spacial score (nSPS) is 10.9. The summed E-state index contributed by atoms with van der Waals surface area (Å²) in [5.74, 6) is 1.39. The number of anilines is 1. The number of methoxy groups -OCH3 is 1. The zero-order chi connectivity index (χ0) is 18.8. The fourth-order valence-corrected chi connectivity index (χ4v) is 4.04. The van der Waals surface area contributed by atoms with Gasteiger partial charge in [-0.1, -0.05) is 28.1 Å². The van der Waals surface area contributed by atoms with Gasteiger partial charge >= 0.3 is 0 Å². The molecule has 0 spiro atoms. The minimum Gasteiger partial charge on any atom is -0.497 e. The second-order valence-corrected chi connectivity index (χ2v) is 7.70. The number of thiophene rings is 1. The van der Waals surface area contributed by atoms with Crippen molar-refractivity contribution in [3.05, 3.63) is 74.6 Å². The van der Waals surface area contributed by atoms with E-state index in [0.29, 0.717) is 17.8 Å². The van der Waals surface area contributed by atoms with Gasteiger partial charge in [0, 0.05) is 21.1 Å². The first kappa shape index (κ1) is 17.8. The van der Waals surface area contributed by atoms with Crippen molar-refractivity contribution in [3.8, 4) is 16.9 Å². The Hall–Kier alpha value is -2.64. The lowest BCUT2D eigenvalue weighted by atomic mass is 10.1. The number of hydrogen-bond donors (Lipinski definition) is 2. The fourth-order valence-electron chi connectivity index (χ4n) is 2.81. The first-order valence-electron chi connectivity index (χ1n) is 8.28. The molecule has 2 N–H and O–H groups in total. The number of nitrogens with one attached hydrogen (secondary N) is 2. The Kier molecular flexibility index (Phi) is 4.96. The molecule has 27 heavy (non-hydrogen) atoms. The van der Waals surface area contributed by atoms with E-state index in [9.17, 15) is 4.79 Å². The highest BCUT2D eigenvalue weighted by Crippen LogP contribution is 2.31. The quantitative estimate of drug-likeness (QED) is 0.455. The molecule has 4 aromatic rings. The number of ether oxygens (including phenoxy) is 1. The van der Waals surface area contributed by atoms with Gasteiger partial charge in [0.05, 0.1) is 19.0 Å². The number of aromatic nitrogens is 2. The molecule has 136 valence electrons. The number of hydrogen-bond acceptors (Lipinski definition) is 5. The molecule has 0 aliphatic rings. The summed E-state index contributed by atoms with van der Waals surface area (Å²) in [7, 11) is 1.63. The molecule has 0 fully saturated rings. The number of nitrogens with zero attached hydrogens (tertiary/aromatic N) is 1. The molecule has 0 aliphatic carbocycles. The van der Waals surface area contributed by atoms with Crippen LogP contribution in [0.4, 0.5) is 5.69 Å². The molecular formula is C20H16BrN3O2S. The molecule has 0 atom stereocenters. The van der Waals surface area contributed by atoms with E-state index in [1.165, 1.54) is 11.3 Å². The lowest BCUT2D eigenvalue weighted by Crippen LogP contribution is -2.14. The van der Waals surface area contributed by atoms with E-state index < -0.39 is 0 Å². The van der Waals surface area contributed by atoms with Crippen molar-refractivity contribution in [2.24, 2.45) is 0 Å². The first-order chi connectivity index (χ1) is 13.1. The molecule has 0 saturated heterocycles. The van der Waals surface area contributed by atoms with Crippen LogP contribution in [0.15, 0.2) is 63.2 Å². The van der Waals surface area contributed by atoms with Crippen LogP contribution in [0.2, 0.25) is 0 Å². The van der Waals surface area contributed by atoms with Crippen molar-refractivity contribution < 1.29 is 4.74 Å². The second kappa shape index (κ2) is 7.54. The summed E-state index contributed by atoms with van der Waals surface area (Å²) in [6.07, 6.45) is 0. The van der Waals surface area contributed by atoms with Gasteiger partial charge in [-0.2, -0.15) is 0 Å². The Morgan fingerprint density at radius 2 is 1.89 bits per heavy atom. The Balaban J connectivity index is 1.62. The summed E-state index contributed by atoms with van der Waals surface area (Å²) in [6.45, 7) is 0.447. The van der Waals surface area contributed by atoms with Gasteiger partial charge in [-0.25, -0.2) is 4.98 Å². The third-order valence-electron chi connectivity index (χ3n) is 4.20. The van der Waals surface area contributed by atoms with Crippen LogP contribution in [0, 0.1) is 0 Å². The lowest BCUT2D eigenvalue weighted by molar-refractivity contribution is 0.415. The molecule has 2 aromatic heterocycles. The van der Waals surface area contributed by atoms with Crippen molar-refractivity contribution in [2.45, 2.75) is 6.54 Å². The molecule has 5 nitrogen and oxygen atoms in total. The third-order valence-corrected chi connectivity index (χ3v) is 5.60. The van der Waals surface area contributed by atoms with E-state index in [1.807, 2.05) is 53.9 Å². The zero-order valence-corrected chi connectivity index (χ0v) is 16.9. The van der Waals surface area contributed by atoms with E-state index >= 15 is 0 Å². The van der Waals surface area contributed by atoms with E-state index in [0.717, 1.165) is 31.9 Å². The van der Waals surface area contributed by atoms with E-state index in [4.69, 9.17) is 4.74 Å². The summed E-state index contributed by atoms with van der Waals surface area (Å²) in [6, 6.07) is 15.5. The third kappa shape index (κ3) is 3.74. The average molecular weight is 442 g/mol. The maximum absolute atomic E-state index is 12.7. The van der Waals surface area contributed by atoms with Crippen molar-refractivity contribution in [3.63, 3.8) is 0 Å². The first-order valence-corrected chi connectivity index (χ1v) is 9.95. The van der Waals surface area contributed by atoms with E-state index in [1.54, 1.807) is 7.11 Å². The molecule has 7 heteroatoms. The highest BCUT2D eigenvalue weighted by Gasteiger charge is 2.13. The SMILES string of the molecule is COc1ccc(-c2csc3nc(CNc4ccc(Br)cc4)[nH]c(=O)c23)cc1. The monoisotopic (exact) mass is 441 g/mol. The smallest absolute Gasteiger partial charge is 0.260 e. The Morgan fingerprint density at radius 3 is 2.59 bits per heavy atom. The van der Waals surface area contributed by atoms with Gasteiger partial charge in [-0.3, -0.25) is 4.79 Å². The summed E-state index contributed by atoms with van der Waals surface area (Å²) in [5.41, 5.74) is 2.69. The van der Waals surface area contributed by atoms with Gasteiger partial charge in [0.25, 0.3) is 5.56 Å². The van der Waals surface area contributed by atoms with Crippen LogP contribution in [0.25, 0.3) is 21.3 Å². The summed E-state index contributed by atoms with van der Waals surface area (Å²) in [4.78, 5) is 20.9. The molecule has 0 aliphatic heterocycles.